The quantitative estimate of drug-likeness (QED) is 0.788. The highest BCUT2D eigenvalue weighted by Gasteiger charge is 2.10. The van der Waals surface area contributed by atoms with Crippen molar-refractivity contribution >= 4 is 11.6 Å². The molecule has 0 aliphatic carbocycles. The molecule has 0 radical (unpaired) electrons. The number of amides is 1. The number of imidazole rings is 1. The van der Waals surface area contributed by atoms with Crippen LogP contribution in [0.2, 0.25) is 0 Å². The van der Waals surface area contributed by atoms with Crippen molar-refractivity contribution in [3.8, 4) is 5.75 Å². The second kappa shape index (κ2) is 6.52. The number of ether oxygens (including phenoxy) is 1. The first-order valence-electron chi connectivity index (χ1n) is 7.59. The number of nitrogens with one attached hydrogen (secondary N) is 1. The van der Waals surface area contributed by atoms with E-state index in [1.807, 2.05) is 66.9 Å². The lowest BCUT2D eigenvalue weighted by atomic mass is 10.2. The average Bonchev–Trinajstić information content (AvgIpc) is 2.97. The van der Waals surface area contributed by atoms with E-state index in [-0.39, 0.29) is 12.0 Å². The maximum atomic E-state index is 12.2. The van der Waals surface area contributed by atoms with Gasteiger partial charge in [0.15, 0.2) is 0 Å². The number of rotatable bonds is 5. The molecule has 3 aromatic rings. The Labute approximate surface area is 134 Å². The van der Waals surface area contributed by atoms with Crippen LogP contribution >= 0.6 is 0 Å². The Morgan fingerprint density at radius 3 is 2.70 bits per heavy atom. The topological polar surface area (TPSA) is 55.6 Å². The fourth-order valence-corrected chi connectivity index (χ4v) is 2.27. The summed E-state index contributed by atoms with van der Waals surface area (Å²) < 4.78 is 7.42. The second-order valence-electron chi connectivity index (χ2n) is 5.59. The number of benzene rings is 1. The van der Waals surface area contributed by atoms with Crippen LogP contribution in [0.25, 0.3) is 5.65 Å². The zero-order chi connectivity index (χ0) is 16.2. The number of pyridine rings is 1. The SMILES string of the molecule is CC(C)Oc1ccc(CNC(=O)c2cn3ccccc3n2)cc1. The molecule has 23 heavy (non-hydrogen) atoms. The Kier molecular flexibility index (Phi) is 4.28. The highest BCUT2D eigenvalue weighted by atomic mass is 16.5. The fraction of sp³-hybridized carbons (Fsp3) is 0.222. The van der Waals surface area contributed by atoms with Crippen LogP contribution < -0.4 is 10.1 Å². The normalized spacial score (nSPS) is 10.9. The van der Waals surface area contributed by atoms with E-state index in [4.69, 9.17) is 4.74 Å². The summed E-state index contributed by atoms with van der Waals surface area (Å²) in [6.07, 6.45) is 3.74. The van der Waals surface area contributed by atoms with Crippen molar-refractivity contribution in [1.82, 2.24) is 14.7 Å². The summed E-state index contributed by atoms with van der Waals surface area (Å²) in [4.78, 5) is 16.5. The molecule has 1 aromatic carbocycles. The molecule has 0 fully saturated rings. The summed E-state index contributed by atoms with van der Waals surface area (Å²) in [5.74, 6) is 0.645. The third-order valence-electron chi connectivity index (χ3n) is 3.34. The van der Waals surface area contributed by atoms with Crippen LogP contribution in [-0.2, 0) is 6.54 Å². The lowest BCUT2D eigenvalue weighted by Crippen LogP contribution is -2.23. The van der Waals surface area contributed by atoms with Crippen LogP contribution in [0.4, 0.5) is 0 Å². The number of hydrogen-bond acceptors (Lipinski definition) is 3. The van der Waals surface area contributed by atoms with Crippen LogP contribution in [0.5, 0.6) is 5.75 Å². The van der Waals surface area contributed by atoms with E-state index >= 15 is 0 Å². The van der Waals surface area contributed by atoms with Crippen molar-refractivity contribution < 1.29 is 9.53 Å². The highest BCUT2D eigenvalue weighted by molar-refractivity contribution is 5.92. The van der Waals surface area contributed by atoms with Gasteiger partial charge in [-0.2, -0.15) is 0 Å². The van der Waals surface area contributed by atoms with Gasteiger partial charge in [0.05, 0.1) is 6.10 Å². The van der Waals surface area contributed by atoms with E-state index in [9.17, 15) is 4.79 Å². The lowest BCUT2D eigenvalue weighted by molar-refractivity contribution is 0.0946. The molecular formula is C18H19N3O2. The Hall–Kier alpha value is -2.82. The molecule has 5 nitrogen and oxygen atoms in total. The number of carbonyl (C=O) groups excluding carboxylic acids is 1. The van der Waals surface area contributed by atoms with Crippen molar-refractivity contribution in [2.45, 2.75) is 26.5 Å². The van der Waals surface area contributed by atoms with Gasteiger partial charge in [0.25, 0.3) is 5.91 Å². The first-order chi connectivity index (χ1) is 11.1. The Bertz CT molecular complexity index is 774. The number of nitrogens with zero attached hydrogens (tertiary/aromatic N) is 2. The smallest absolute Gasteiger partial charge is 0.271 e. The highest BCUT2D eigenvalue weighted by Crippen LogP contribution is 2.14. The molecule has 0 aliphatic heterocycles. The summed E-state index contributed by atoms with van der Waals surface area (Å²) in [5, 5.41) is 2.88. The molecule has 0 bridgehead atoms. The van der Waals surface area contributed by atoms with E-state index < -0.39 is 0 Å². The molecule has 3 rings (SSSR count). The molecule has 0 saturated heterocycles. The van der Waals surface area contributed by atoms with Gasteiger partial charge in [-0.25, -0.2) is 4.98 Å². The third kappa shape index (κ3) is 3.69. The van der Waals surface area contributed by atoms with E-state index in [1.165, 1.54) is 0 Å². The number of carbonyl (C=O) groups is 1. The van der Waals surface area contributed by atoms with Crippen LogP contribution in [-0.4, -0.2) is 21.4 Å². The minimum atomic E-state index is -0.184. The zero-order valence-corrected chi connectivity index (χ0v) is 13.2. The molecule has 0 spiro atoms. The van der Waals surface area contributed by atoms with Crippen molar-refractivity contribution in [3.63, 3.8) is 0 Å². The molecular weight excluding hydrogens is 290 g/mol. The Morgan fingerprint density at radius 2 is 2.00 bits per heavy atom. The molecule has 0 unspecified atom stereocenters. The van der Waals surface area contributed by atoms with Gasteiger partial charge in [0.1, 0.15) is 17.1 Å². The van der Waals surface area contributed by atoms with Crippen molar-refractivity contribution in [1.29, 1.82) is 0 Å². The molecule has 0 aliphatic rings. The van der Waals surface area contributed by atoms with Crippen molar-refractivity contribution in [3.05, 3.63) is 66.1 Å². The first-order valence-corrected chi connectivity index (χ1v) is 7.59. The molecule has 2 heterocycles. The number of aromatic nitrogens is 2. The summed E-state index contributed by atoms with van der Waals surface area (Å²) in [6.45, 7) is 4.43. The zero-order valence-electron chi connectivity index (χ0n) is 13.2. The van der Waals surface area contributed by atoms with Gasteiger partial charge in [-0.3, -0.25) is 4.79 Å². The third-order valence-corrected chi connectivity index (χ3v) is 3.34. The van der Waals surface area contributed by atoms with Gasteiger partial charge in [0.2, 0.25) is 0 Å². The van der Waals surface area contributed by atoms with Crippen LogP contribution in [0.15, 0.2) is 54.9 Å². The molecule has 1 N–H and O–H groups in total. The van der Waals surface area contributed by atoms with E-state index in [2.05, 4.69) is 10.3 Å². The molecule has 2 aromatic heterocycles. The first kappa shape index (κ1) is 15.1. The van der Waals surface area contributed by atoms with E-state index in [0.717, 1.165) is 17.0 Å². The lowest BCUT2D eigenvalue weighted by Gasteiger charge is -2.10. The van der Waals surface area contributed by atoms with Gasteiger partial charge in [0, 0.05) is 18.9 Å². The van der Waals surface area contributed by atoms with E-state index in [0.29, 0.717) is 12.2 Å². The number of hydrogen-bond donors (Lipinski definition) is 1. The summed E-state index contributed by atoms with van der Waals surface area (Å²) in [6, 6.07) is 13.4. The number of fused-ring (bicyclic) bond motifs is 1. The second-order valence-corrected chi connectivity index (χ2v) is 5.59. The Morgan fingerprint density at radius 1 is 1.22 bits per heavy atom. The molecule has 0 atom stereocenters. The van der Waals surface area contributed by atoms with Gasteiger partial charge < -0.3 is 14.5 Å². The van der Waals surface area contributed by atoms with Crippen LogP contribution in [0.1, 0.15) is 29.9 Å². The fourth-order valence-electron chi connectivity index (χ4n) is 2.27. The predicted molar refractivity (Wildman–Crippen MR) is 88.6 cm³/mol. The van der Waals surface area contributed by atoms with Gasteiger partial charge in [-0.15, -0.1) is 0 Å². The van der Waals surface area contributed by atoms with Gasteiger partial charge in [-0.1, -0.05) is 18.2 Å². The average molecular weight is 309 g/mol. The predicted octanol–water partition coefficient (Wildman–Crippen LogP) is 3.05. The summed E-state index contributed by atoms with van der Waals surface area (Å²) >= 11 is 0. The van der Waals surface area contributed by atoms with Crippen molar-refractivity contribution in [2.75, 3.05) is 0 Å². The summed E-state index contributed by atoms with van der Waals surface area (Å²) in [7, 11) is 0. The monoisotopic (exact) mass is 309 g/mol. The maximum absolute atomic E-state index is 12.2. The minimum Gasteiger partial charge on any atom is -0.491 e. The largest absolute Gasteiger partial charge is 0.491 e. The van der Waals surface area contributed by atoms with Crippen molar-refractivity contribution in [2.24, 2.45) is 0 Å². The minimum absolute atomic E-state index is 0.149. The van der Waals surface area contributed by atoms with Gasteiger partial charge in [-0.05, 0) is 43.7 Å². The standard InChI is InChI=1S/C18H19N3O2/c1-13(2)23-15-8-6-14(7-9-15)11-19-18(22)16-12-21-10-4-3-5-17(21)20-16/h3-10,12-13H,11H2,1-2H3,(H,19,22). The maximum Gasteiger partial charge on any atom is 0.271 e. The molecule has 5 heteroatoms. The molecule has 1 amide bonds. The van der Waals surface area contributed by atoms with Crippen LogP contribution in [0, 0.1) is 0 Å². The summed E-state index contributed by atoms with van der Waals surface area (Å²) in [5.41, 5.74) is 2.18. The molecule has 0 saturated carbocycles. The Balaban J connectivity index is 1.62. The van der Waals surface area contributed by atoms with Gasteiger partial charge >= 0.3 is 0 Å². The van der Waals surface area contributed by atoms with E-state index in [1.54, 1.807) is 6.20 Å². The van der Waals surface area contributed by atoms with Crippen LogP contribution in [0.3, 0.4) is 0 Å². The molecule has 118 valence electrons.